The van der Waals surface area contributed by atoms with Crippen LogP contribution in [0.2, 0.25) is 0 Å². The molecule has 1 aliphatic heterocycles. The summed E-state index contributed by atoms with van der Waals surface area (Å²) in [6.45, 7) is 11.4. The number of pyridine rings is 1. The number of nitrogens with one attached hydrogen (secondary N) is 1. The molecular weight excluding hydrogens is 285 g/mol. The molecule has 1 aromatic heterocycles. The second-order valence-corrected chi connectivity index (χ2v) is 7.66. The first-order valence-corrected chi connectivity index (χ1v) is 8.77. The van der Waals surface area contributed by atoms with E-state index in [2.05, 4.69) is 42.9 Å². The minimum absolute atomic E-state index is 0.257. The van der Waals surface area contributed by atoms with E-state index in [1.807, 2.05) is 11.8 Å². The van der Waals surface area contributed by atoms with Gasteiger partial charge in [-0.1, -0.05) is 20.8 Å². The highest BCUT2D eigenvalue weighted by atomic mass is 32.2. The molecule has 0 bridgehead atoms. The summed E-state index contributed by atoms with van der Waals surface area (Å²) in [6.07, 6.45) is 1.33. The first-order valence-electron chi connectivity index (χ1n) is 7.72. The largest absolute Gasteiger partial charge is 0.352 e. The maximum absolute atomic E-state index is 13.6. The van der Waals surface area contributed by atoms with Crippen molar-refractivity contribution in [1.82, 2.24) is 10.3 Å². The lowest BCUT2D eigenvalue weighted by molar-refractivity contribution is 0.545. The average Bonchev–Trinajstić information content (AvgIpc) is 2.42. The standard InChI is InChI=1S/C16H26FN3S/c1-11(2)8-18-9-14-7-15(17)10-19-16(14)20-5-6-21-13(4)12(20)3/h7,10-13,18H,5-6,8-9H2,1-4H3. The molecule has 0 spiro atoms. The second kappa shape index (κ2) is 7.45. The first kappa shape index (κ1) is 16.6. The van der Waals surface area contributed by atoms with Gasteiger partial charge in [0.15, 0.2) is 0 Å². The van der Waals surface area contributed by atoms with Crippen molar-refractivity contribution in [1.29, 1.82) is 0 Å². The zero-order valence-corrected chi connectivity index (χ0v) is 14.2. The number of nitrogens with zero attached hydrogens (tertiary/aromatic N) is 2. The maximum atomic E-state index is 13.6. The van der Waals surface area contributed by atoms with Crippen molar-refractivity contribution < 1.29 is 4.39 Å². The van der Waals surface area contributed by atoms with E-state index in [-0.39, 0.29) is 5.82 Å². The van der Waals surface area contributed by atoms with Gasteiger partial charge in [0.25, 0.3) is 0 Å². The molecule has 1 saturated heterocycles. The van der Waals surface area contributed by atoms with E-state index in [9.17, 15) is 4.39 Å². The molecule has 1 N–H and O–H groups in total. The van der Waals surface area contributed by atoms with Crippen molar-refractivity contribution >= 4 is 17.6 Å². The van der Waals surface area contributed by atoms with E-state index < -0.39 is 0 Å². The Morgan fingerprint density at radius 3 is 2.95 bits per heavy atom. The summed E-state index contributed by atoms with van der Waals surface area (Å²) >= 11 is 2.00. The summed E-state index contributed by atoms with van der Waals surface area (Å²) in [4.78, 5) is 6.71. The zero-order valence-electron chi connectivity index (χ0n) is 13.4. The number of hydrogen-bond donors (Lipinski definition) is 1. The predicted molar refractivity (Wildman–Crippen MR) is 89.5 cm³/mol. The Hall–Kier alpha value is -0.810. The van der Waals surface area contributed by atoms with Crippen molar-refractivity contribution in [2.45, 2.75) is 45.5 Å². The first-order chi connectivity index (χ1) is 9.99. The Kier molecular flexibility index (Phi) is 5.88. The predicted octanol–water partition coefficient (Wildman–Crippen LogP) is 3.30. The lowest BCUT2D eigenvalue weighted by Gasteiger charge is -2.39. The molecule has 3 nitrogen and oxygen atoms in total. The van der Waals surface area contributed by atoms with Crippen molar-refractivity contribution in [2.24, 2.45) is 5.92 Å². The van der Waals surface area contributed by atoms with Crippen LogP contribution in [0.1, 0.15) is 33.3 Å². The van der Waals surface area contributed by atoms with Crippen LogP contribution < -0.4 is 10.2 Å². The van der Waals surface area contributed by atoms with Gasteiger partial charge in [-0.05, 0) is 25.5 Å². The molecule has 0 amide bonds. The summed E-state index contributed by atoms with van der Waals surface area (Å²) < 4.78 is 13.6. The van der Waals surface area contributed by atoms with Crippen LogP contribution in [0.4, 0.5) is 10.2 Å². The number of rotatable bonds is 5. The van der Waals surface area contributed by atoms with E-state index in [4.69, 9.17) is 0 Å². The van der Waals surface area contributed by atoms with Crippen LogP contribution in [0, 0.1) is 11.7 Å². The molecule has 0 aromatic carbocycles. The molecule has 2 atom stereocenters. The fraction of sp³-hybridized carbons (Fsp3) is 0.688. The minimum atomic E-state index is -0.257. The minimum Gasteiger partial charge on any atom is -0.352 e. The summed E-state index contributed by atoms with van der Waals surface area (Å²) in [7, 11) is 0. The molecule has 2 unspecified atom stereocenters. The van der Waals surface area contributed by atoms with Gasteiger partial charge in [0.1, 0.15) is 11.6 Å². The van der Waals surface area contributed by atoms with Crippen LogP contribution >= 0.6 is 11.8 Å². The quantitative estimate of drug-likeness (QED) is 0.903. The van der Waals surface area contributed by atoms with Gasteiger partial charge in [-0.15, -0.1) is 0 Å². The summed E-state index contributed by atoms with van der Waals surface area (Å²) in [5, 5.41) is 3.97. The molecule has 1 fully saturated rings. The van der Waals surface area contributed by atoms with Gasteiger partial charge in [-0.2, -0.15) is 11.8 Å². The molecule has 0 radical (unpaired) electrons. The van der Waals surface area contributed by atoms with E-state index in [1.165, 1.54) is 6.20 Å². The van der Waals surface area contributed by atoms with E-state index in [0.717, 1.165) is 30.2 Å². The number of aromatic nitrogens is 1. The highest BCUT2D eigenvalue weighted by Gasteiger charge is 2.27. The summed E-state index contributed by atoms with van der Waals surface area (Å²) in [5.74, 6) is 2.36. The van der Waals surface area contributed by atoms with Gasteiger partial charge in [0.2, 0.25) is 0 Å². The number of halogens is 1. The van der Waals surface area contributed by atoms with Gasteiger partial charge in [-0.25, -0.2) is 9.37 Å². The highest BCUT2D eigenvalue weighted by Crippen LogP contribution is 2.30. The molecule has 1 aromatic rings. The third kappa shape index (κ3) is 4.33. The van der Waals surface area contributed by atoms with Gasteiger partial charge >= 0.3 is 0 Å². The Labute approximate surface area is 131 Å². The van der Waals surface area contributed by atoms with Crippen LogP contribution in [-0.2, 0) is 6.54 Å². The number of hydrogen-bond acceptors (Lipinski definition) is 4. The van der Waals surface area contributed by atoms with Gasteiger partial charge in [-0.3, -0.25) is 0 Å². The average molecular weight is 311 g/mol. The topological polar surface area (TPSA) is 28.2 Å². The van der Waals surface area contributed by atoms with E-state index >= 15 is 0 Å². The van der Waals surface area contributed by atoms with Crippen LogP contribution in [0.5, 0.6) is 0 Å². The van der Waals surface area contributed by atoms with E-state index in [1.54, 1.807) is 6.07 Å². The lowest BCUT2D eigenvalue weighted by Crippen LogP contribution is -2.45. The Morgan fingerprint density at radius 1 is 1.48 bits per heavy atom. The Morgan fingerprint density at radius 2 is 2.24 bits per heavy atom. The van der Waals surface area contributed by atoms with Crippen LogP contribution in [0.3, 0.4) is 0 Å². The highest BCUT2D eigenvalue weighted by molar-refractivity contribution is 8.00. The third-order valence-electron chi connectivity index (χ3n) is 3.93. The molecule has 0 aliphatic carbocycles. The Balaban J connectivity index is 2.17. The lowest BCUT2D eigenvalue weighted by atomic mass is 10.1. The Bertz CT molecular complexity index is 467. The fourth-order valence-corrected chi connectivity index (χ4v) is 3.69. The molecular formula is C16H26FN3S. The van der Waals surface area contributed by atoms with Crippen molar-refractivity contribution in [3.63, 3.8) is 0 Å². The molecule has 2 rings (SSSR count). The van der Waals surface area contributed by atoms with Gasteiger partial charge in [0, 0.05) is 35.7 Å². The number of thioether (sulfide) groups is 1. The molecule has 5 heteroatoms. The van der Waals surface area contributed by atoms with Gasteiger partial charge in [0.05, 0.1) is 6.20 Å². The number of anilines is 1. The summed E-state index contributed by atoms with van der Waals surface area (Å²) in [5.41, 5.74) is 0.960. The van der Waals surface area contributed by atoms with Crippen molar-refractivity contribution in [3.05, 3.63) is 23.6 Å². The van der Waals surface area contributed by atoms with Crippen LogP contribution in [-0.4, -0.2) is 35.1 Å². The zero-order chi connectivity index (χ0) is 15.4. The fourth-order valence-electron chi connectivity index (χ4n) is 2.59. The smallest absolute Gasteiger partial charge is 0.141 e. The SMILES string of the molecule is CC(C)CNCc1cc(F)cnc1N1CCSC(C)C1C. The van der Waals surface area contributed by atoms with E-state index in [0.29, 0.717) is 23.8 Å². The van der Waals surface area contributed by atoms with Crippen LogP contribution in [0.15, 0.2) is 12.3 Å². The molecule has 118 valence electrons. The summed E-state index contributed by atoms with van der Waals surface area (Å²) in [6, 6.07) is 2.04. The molecule has 0 saturated carbocycles. The second-order valence-electron chi connectivity index (χ2n) is 6.17. The molecule has 21 heavy (non-hydrogen) atoms. The van der Waals surface area contributed by atoms with Crippen molar-refractivity contribution in [3.8, 4) is 0 Å². The van der Waals surface area contributed by atoms with Crippen molar-refractivity contribution in [2.75, 3.05) is 23.7 Å². The monoisotopic (exact) mass is 311 g/mol. The molecule has 1 aliphatic rings. The van der Waals surface area contributed by atoms with Crippen LogP contribution in [0.25, 0.3) is 0 Å². The third-order valence-corrected chi connectivity index (χ3v) is 5.27. The normalized spacial score (nSPS) is 22.9. The maximum Gasteiger partial charge on any atom is 0.141 e. The molecule has 2 heterocycles. The van der Waals surface area contributed by atoms with Gasteiger partial charge < -0.3 is 10.2 Å².